The van der Waals surface area contributed by atoms with Gasteiger partial charge in [-0.2, -0.15) is 5.10 Å². The SMILES string of the molecule is CCNC(=NCC(C)(O)c1cnn(C)c1)NCC1CCN(Cc2ccc(OC)cc2)CC1. The van der Waals surface area contributed by atoms with Gasteiger partial charge in [0.25, 0.3) is 0 Å². The molecule has 1 fully saturated rings. The summed E-state index contributed by atoms with van der Waals surface area (Å²) in [5.41, 5.74) is 1.04. The van der Waals surface area contributed by atoms with Crippen LogP contribution in [0.4, 0.5) is 0 Å². The van der Waals surface area contributed by atoms with Gasteiger partial charge in [-0.1, -0.05) is 12.1 Å². The smallest absolute Gasteiger partial charge is 0.191 e. The fourth-order valence-electron chi connectivity index (χ4n) is 3.94. The molecular formula is C24H38N6O2. The molecule has 3 rings (SSSR count). The molecule has 1 unspecified atom stereocenters. The van der Waals surface area contributed by atoms with E-state index < -0.39 is 5.60 Å². The van der Waals surface area contributed by atoms with Crippen molar-refractivity contribution in [3.8, 4) is 5.75 Å². The third-order valence-corrected chi connectivity index (χ3v) is 6.05. The first-order valence-corrected chi connectivity index (χ1v) is 11.5. The summed E-state index contributed by atoms with van der Waals surface area (Å²) in [5.74, 6) is 2.26. The molecule has 1 atom stereocenters. The van der Waals surface area contributed by atoms with Crippen LogP contribution in [0, 0.1) is 5.92 Å². The molecule has 1 aliphatic heterocycles. The van der Waals surface area contributed by atoms with E-state index in [1.54, 1.807) is 24.9 Å². The van der Waals surface area contributed by atoms with Crippen LogP contribution in [0.5, 0.6) is 5.75 Å². The number of hydrogen-bond donors (Lipinski definition) is 3. The summed E-state index contributed by atoms with van der Waals surface area (Å²) < 4.78 is 6.94. The Balaban J connectivity index is 1.45. The Hall–Kier alpha value is -2.58. The molecule has 8 heteroatoms. The largest absolute Gasteiger partial charge is 0.497 e. The first-order chi connectivity index (χ1) is 15.4. The highest BCUT2D eigenvalue weighted by Crippen LogP contribution is 2.21. The molecule has 1 aliphatic rings. The predicted molar refractivity (Wildman–Crippen MR) is 128 cm³/mol. The van der Waals surface area contributed by atoms with Gasteiger partial charge in [-0.3, -0.25) is 9.58 Å². The normalized spacial score (nSPS) is 17.7. The van der Waals surface area contributed by atoms with Gasteiger partial charge in [0.1, 0.15) is 11.4 Å². The van der Waals surface area contributed by atoms with Crippen molar-refractivity contribution in [3.63, 3.8) is 0 Å². The van der Waals surface area contributed by atoms with E-state index in [1.807, 2.05) is 32.3 Å². The number of rotatable bonds is 9. The van der Waals surface area contributed by atoms with Gasteiger partial charge in [0, 0.05) is 38.4 Å². The molecule has 0 amide bonds. The third-order valence-electron chi connectivity index (χ3n) is 6.05. The number of methoxy groups -OCH3 is 1. The van der Waals surface area contributed by atoms with Gasteiger partial charge in [-0.15, -0.1) is 0 Å². The van der Waals surface area contributed by atoms with Gasteiger partial charge >= 0.3 is 0 Å². The summed E-state index contributed by atoms with van der Waals surface area (Å²) in [6.45, 7) is 8.94. The molecular weight excluding hydrogens is 404 g/mol. The van der Waals surface area contributed by atoms with E-state index in [9.17, 15) is 5.11 Å². The lowest BCUT2D eigenvalue weighted by Crippen LogP contribution is -2.43. The first kappa shape index (κ1) is 24.1. The summed E-state index contributed by atoms with van der Waals surface area (Å²) in [6, 6.07) is 8.34. The Morgan fingerprint density at radius 2 is 1.97 bits per heavy atom. The number of piperidine rings is 1. The lowest BCUT2D eigenvalue weighted by molar-refractivity contribution is 0.0671. The number of aliphatic hydroxyl groups is 1. The van der Waals surface area contributed by atoms with Crippen LogP contribution in [0.1, 0.15) is 37.8 Å². The zero-order valence-corrected chi connectivity index (χ0v) is 19.8. The topological polar surface area (TPSA) is 86.9 Å². The fraction of sp³-hybridized carbons (Fsp3) is 0.583. The summed E-state index contributed by atoms with van der Waals surface area (Å²) in [7, 11) is 3.54. The minimum Gasteiger partial charge on any atom is -0.497 e. The Morgan fingerprint density at radius 1 is 1.25 bits per heavy atom. The minimum absolute atomic E-state index is 0.272. The predicted octanol–water partition coefficient (Wildman–Crippen LogP) is 2.10. The number of hydrogen-bond acceptors (Lipinski definition) is 5. The molecule has 3 N–H and O–H groups in total. The van der Waals surface area contributed by atoms with Crippen molar-refractivity contribution in [1.29, 1.82) is 0 Å². The molecule has 1 aromatic carbocycles. The van der Waals surface area contributed by atoms with Crippen LogP contribution in [-0.2, 0) is 19.2 Å². The zero-order chi connectivity index (χ0) is 23.0. The number of guanidine groups is 1. The van der Waals surface area contributed by atoms with Crippen LogP contribution in [0.25, 0.3) is 0 Å². The summed E-state index contributed by atoms with van der Waals surface area (Å²) in [6.07, 6.45) is 5.84. The molecule has 8 nitrogen and oxygen atoms in total. The van der Waals surface area contributed by atoms with Gasteiger partial charge < -0.3 is 20.5 Å². The number of aliphatic imine (C=N–C) groups is 1. The molecule has 2 aromatic rings. The lowest BCUT2D eigenvalue weighted by atomic mass is 9.96. The highest BCUT2D eigenvalue weighted by molar-refractivity contribution is 5.79. The monoisotopic (exact) mass is 442 g/mol. The number of nitrogens with one attached hydrogen (secondary N) is 2. The van der Waals surface area contributed by atoms with Gasteiger partial charge in [0.2, 0.25) is 0 Å². The third kappa shape index (κ3) is 6.97. The van der Waals surface area contributed by atoms with Crippen LogP contribution < -0.4 is 15.4 Å². The number of aromatic nitrogens is 2. The Kier molecular flexibility index (Phi) is 8.53. The van der Waals surface area contributed by atoms with Crippen LogP contribution in [0.2, 0.25) is 0 Å². The van der Waals surface area contributed by atoms with E-state index >= 15 is 0 Å². The molecule has 2 heterocycles. The van der Waals surface area contributed by atoms with Crippen molar-refractivity contribution >= 4 is 5.96 Å². The quantitative estimate of drug-likeness (QED) is 0.407. The highest BCUT2D eigenvalue weighted by atomic mass is 16.5. The van der Waals surface area contributed by atoms with Gasteiger partial charge in [0.15, 0.2) is 5.96 Å². The Bertz CT molecular complexity index is 854. The number of nitrogens with zero attached hydrogens (tertiary/aromatic N) is 4. The molecule has 0 aliphatic carbocycles. The summed E-state index contributed by atoms with van der Waals surface area (Å²) >= 11 is 0. The molecule has 0 spiro atoms. The maximum absolute atomic E-state index is 10.8. The highest BCUT2D eigenvalue weighted by Gasteiger charge is 2.25. The summed E-state index contributed by atoms with van der Waals surface area (Å²) in [4.78, 5) is 7.14. The average Bonchev–Trinajstić information content (AvgIpc) is 3.24. The van der Waals surface area contributed by atoms with E-state index in [4.69, 9.17) is 4.74 Å². The van der Waals surface area contributed by atoms with Crippen molar-refractivity contribution in [2.24, 2.45) is 18.0 Å². The van der Waals surface area contributed by atoms with Crippen LogP contribution in [0.3, 0.4) is 0 Å². The second kappa shape index (κ2) is 11.3. The molecule has 0 saturated carbocycles. The van der Waals surface area contributed by atoms with Crippen LogP contribution >= 0.6 is 0 Å². The summed E-state index contributed by atoms with van der Waals surface area (Å²) in [5, 5.41) is 21.7. The maximum atomic E-state index is 10.8. The van der Waals surface area contributed by atoms with E-state index in [2.05, 4.69) is 37.8 Å². The van der Waals surface area contributed by atoms with E-state index in [1.165, 1.54) is 5.56 Å². The van der Waals surface area contributed by atoms with E-state index in [0.29, 0.717) is 5.92 Å². The zero-order valence-electron chi connectivity index (χ0n) is 19.8. The molecule has 1 saturated heterocycles. The minimum atomic E-state index is -1.05. The molecule has 0 bridgehead atoms. The number of likely N-dealkylation sites (tertiary alicyclic amines) is 1. The van der Waals surface area contributed by atoms with Crippen molar-refractivity contribution < 1.29 is 9.84 Å². The maximum Gasteiger partial charge on any atom is 0.191 e. The fourth-order valence-corrected chi connectivity index (χ4v) is 3.94. The molecule has 1 aromatic heterocycles. The van der Waals surface area contributed by atoms with E-state index in [-0.39, 0.29) is 6.54 Å². The lowest BCUT2D eigenvalue weighted by Gasteiger charge is -2.32. The number of ether oxygens (including phenoxy) is 1. The Morgan fingerprint density at radius 3 is 2.56 bits per heavy atom. The second-order valence-corrected chi connectivity index (χ2v) is 8.82. The van der Waals surface area contributed by atoms with Crippen molar-refractivity contribution in [1.82, 2.24) is 25.3 Å². The van der Waals surface area contributed by atoms with Crippen molar-refractivity contribution in [2.75, 3.05) is 39.8 Å². The van der Waals surface area contributed by atoms with Gasteiger partial charge in [0.05, 0.1) is 19.9 Å². The first-order valence-electron chi connectivity index (χ1n) is 11.5. The van der Waals surface area contributed by atoms with Gasteiger partial charge in [-0.05, 0) is 63.4 Å². The second-order valence-electron chi connectivity index (χ2n) is 8.82. The van der Waals surface area contributed by atoms with Gasteiger partial charge in [-0.25, -0.2) is 4.99 Å². The standard InChI is InChI=1S/C24H38N6O2/c1-5-25-23(27-18-24(2,31)21-15-28-29(3)17-21)26-14-19-10-12-30(13-11-19)16-20-6-8-22(32-4)9-7-20/h6-9,15,17,19,31H,5,10-14,16,18H2,1-4H3,(H2,25,26,27). The molecule has 176 valence electrons. The average molecular weight is 443 g/mol. The van der Waals surface area contributed by atoms with E-state index in [0.717, 1.165) is 62.8 Å². The number of aryl methyl sites for hydroxylation is 1. The van der Waals surface area contributed by atoms with Crippen LogP contribution in [0.15, 0.2) is 41.7 Å². The molecule has 32 heavy (non-hydrogen) atoms. The van der Waals surface area contributed by atoms with Crippen molar-refractivity contribution in [2.45, 2.75) is 38.8 Å². The molecule has 0 radical (unpaired) electrons. The Labute approximate surface area is 191 Å². The van der Waals surface area contributed by atoms with Crippen LogP contribution in [-0.4, -0.2) is 65.6 Å². The number of benzene rings is 1. The van der Waals surface area contributed by atoms with Crippen molar-refractivity contribution in [3.05, 3.63) is 47.8 Å².